The summed E-state index contributed by atoms with van der Waals surface area (Å²) in [5.74, 6) is 0.975. The fourth-order valence-corrected chi connectivity index (χ4v) is 1.67. The molecule has 0 heterocycles. The summed E-state index contributed by atoms with van der Waals surface area (Å²) < 4.78 is 0. The Hall–Kier alpha value is -0.240. The van der Waals surface area contributed by atoms with Gasteiger partial charge in [-0.3, -0.25) is 4.79 Å². The molecule has 0 aromatic rings. The lowest BCUT2D eigenvalue weighted by Crippen LogP contribution is -1.88. The molecule has 0 aliphatic rings. The first kappa shape index (κ1) is 11.8. The molecule has 0 bridgehead atoms. The third kappa shape index (κ3) is 7.86. The molecule has 0 atom stereocenters. The SMILES string of the molecule is C/C=C/C(=O)SCCCCCC. The number of carbonyl (C=O) groups is 1. The lowest BCUT2D eigenvalue weighted by atomic mass is 10.2. The monoisotopic (exact) mass is 186 g/mol. The van der Waals surface area contributed by atoms with Crippen LogP contribution in [0.25, 0.3) is 0 Å². The highest BCUT2D eigenvalue weighted by molar-refractivity contribution is 8.14. The van der Waals surface area contributed by atoms with E-state index in [0.29, 0.717) is 0 Å². The van der Waals surface area contributed by atoms with Crippen molar-refractivity contribution in [2.24, 2.45) is 0 Å². The molecule has 0 amide bonds. The molecule has 0 aliphatic carbocycles. The maximum absolute atomic E-state index is 11.0. The van der Waals surface area contributed by atoms with Crippen molar-refractivity contribution in [1.82, 2.24) is 0 Å². The van der Waals surface area contributed by atoms with Crippen LogP contribution < -0.4 is 0 Å². The zero-order valence-corrected chi connectivity index (χ0v) is 8.82. The third-order valence-corrected chi connectivity index (χ3v) is 2.46. The highest BCUT2D eigenvalue weighted by atomic mass is 32.2. The summed E-state index contributed by atoms with van der Waals surface area (Å²) in [5.41, 5.74) is 0. The Morgan fingerprint density at radius 1 is 1.33 bits per heavy atom. The van der Waals surface area contributed by atoms with Crippen LogP contribution in [0.15, 0.2) is 12.2 Å². The van der Waals surface area contributed by atoms with Gasteiger partial charge < -0.3 is 0 Å². The first-order valence-corrected chi connectivity index (χ1v) is 5.59. The van der Waals surface area contributed by atoms with Crippen molar-refractivity contribution in [2.45, 2.75) is 39.5 Å². The minimum Gasteiger partial charge on any atom is -0.282 e. The molecule has 0 saturated carbocycles. The van der Waals surface area contributed by atoms with Crippen LogP contribution in [-0.2, 0) is 4.79 Å². The molecule has 0 N–H and O–H groups in total. The van der Waals surface area contributed by atoms with Crippen molar-refractivity contribution < 1.29 is 4.79 Å². The number of hydrogen-bond donors (Lipinski definition) is 0. The Morgan fingerprint density at radius 2 is 2.08 bits per heavy atom. The number of hydrogen-bond acceptors (Lipinski definition) is 2. The molecule has 0 spiro atoms. The van der Waals surface area contributed by atoms with Gasteiger partial charge in [-0.1, -0.05) is 44.0 Å². The van der Waals surface area contributed by atoms with E-state index in [0.717, 1.165) is 5.75 Å². The molecule has 0 rings (SSSR count). The Kier molecular flexibility index (Phi) is 8.68. The Balaban J connectivity index is 3.14. The van der Waals surface area contributed by atoms with Gasteiger partial charge in [-0.2, -0.15) is 0 Å². The summed E-state index contributed by atoms with van der Waals surface area (Å²) in [6, 6.07) is 0. The van der Waals surface area contributed by atoms with Gasteiger partial charge in [0.25, 0.3) is 0 Å². The lowest BCUT2D eigenvalue weighted by Gasteiger charge is -1.96. The van der Waals surface area contributed by atoms with Crippen LogP contribution in [0.1, 0.15) is 39.5 Å². The van der Waals surface area contributed by atoms with Crippen LogP contribution in [0.4, 0.5) is 0 Å². The summed E-state index contributed by atoms with van der Waals surface area (Å²) in [5, 5.41) is 0.189. The van der Waals surface area contributed by atoms with Crippen molar-refractivity contribution in [3.05, 3.63) is 12.2 Å². The van der Waals surface area contributed by atoms with Gasteiger partial charge >= 0.3 is 0 Å². The molecule has 0 saturated heterocycles. The first-order chi connectivity index (χ1) is 5.81. The maximum Gasteiger partial charge on any atom is 0.211 e. The van der Waals surface area contributed by atoms with Crippen molar-refractivity contribution in [3.8, 4) is 0 Å². The van der Waals surface area contributed by atoms with Gasteiger partial charge in [0.2, 0.25) is 5.12 Å². The number of thioether (sulfide) groups is 1. The fraction of sp³-hybridized carbons (Fsp3) is 0.700. The second-order valence-electron chi connectivity index (χ2n) is 2.73. The van der Waals surface area contributed by atoms with Crippen molar-refractivity contribution in [2.75, 3.05) is 5.75 Å². The Bertz CT molecular complexity index is 141. The summed E-state index contributed by atoms with van der Waals surface area (Å²) in [6.07, 6.45) is 8.39. The molecule has 0 radical (unpaired) electrons. The summed E-state index contributed by atoms with van der Waals surface area (Å²) in [4.78, 5) is 11.0. The molecule has 70 valence electrons. The molecular formula is C10H18OS. The zero-order chi connectivity index (χ0) is 9.23. The topological polar surface area (TPSA) is 17.1 Å². The molecule has 12 heavy (non-hydrogen) atoms. The molecule has 0 unspecified atom stereocenters. The van der Waals surface area contributed by atoms with E-state index < -0.39 is 0 Å². The van der Waals surface area contributed by atoms with Crippen molar-refractivity contribution in [1.29, 1.82) is 0 Å². The normalized spacial score (nSPS) is 10.8. The Morgan fingerprint density at radius 3 is 2.67 bits per heavy atom. The molecule has 2 heteroatoms. The van der Waals surface area contributed by atoms with Crippen LogP contribution in [0.3, 0.4) is 0 Å². The van der Waals surface area contributed by atoms with Gasteiger partial charge in [-0.15, -0.1) is 0 Å². The predicted molar refractivity (Wildman–Crippen MR) is 56.4 cm³/mol. The number of unbranched alkanes of at least 4 members (excludes halogenated alkanes) is 3. The van der Waals surface area contributed by atoms with Crippen LogP contribution >= 0.6 is 11.8 Å². The fourth-order valence-electron chi connectivity index (χ4n) is 0.886. The highest BCUT2D eigenvalue weighted by Gasteiger charge is 1.95. The van der Waals surface area contributed by atoms with E-state index in [1.807, 2.05) is 6.92 Å². The van der Waals surface area contributed by atoms with E-state index in [2.05, 4.69) is 6.92 Å². The van der Waals surface area contributed by atoms with E-state index in [1.54, 1.807) is 12.2 Å². The summed E-state index contributed by atoms with van der Waals surface area (Å²) in [6.45, 7) is 4.06. The van der Waals surface area contributed by atoms with Crippen LogP contribution in [0.5, 0.6) is 0 Å². The van der Waals surface area contributed by atoms with Crippen molar-refractivity contribution >= 4 is 16.9 Å². The highest BCUT2D eigenvalue weighted by Crippen LogP contribution is 2.08. The average Bonchev–Trinajstić information content (AvgIpc) is 2.05. The number of allylic oxidation sites excluding steroid dienone is 1. The molecule has 1 nitrogen and oxygen atoms in total. The van der Waals surface area contributed by atoms with Gasteiger partial charge in [0, 0.05) is 5.75 Å². The van der Waals surface area contributed by atoms with Gasteiger partial charge in [-0.25, -0.2) is 0 Å². The lowest BCUT2D eigenvalue weighted by molar-refractivity contribution is -0.107. The van der Waals surface area contributed by atoms with E-state index in [4.69, 9.17) is 0 Å². The van der Waals surface area contributed by atoms with Crippen molar-refractivity contribution in [3.63, 3.8) is 0 Å². The van der Waals surface area contributed by atoms with E-state index in [-0.39, 0.29) is 5.12 Å². The second-order valence-corrected chi connectivity index (χ2v) is 3.83. The maximum atomic E-state index is 11.0. The average molecular weight is 186 g/mol. The van der Waals surface area contributed by atoms with Crippen LogP contribution in [0, 0.1) is 0 Å². The van der Waals surface area contributed by atoms with Gasteiger partial charge in [0.05, 0.1) is 0 Å². The summed E-state index contributed by atoms with van der Waals surface area (Å²) in [7, 11) is 0. The van der Waals surface area contributed by atoms with Gasteiger partial charge in [-0.05, 0) is 19.4 Å². The van der Waals surface area contributed by atoms with Crippen LogP contribution in [-0.4, -0.2) is 10.9 Å². The number of carbonyl (C=O) groups excluding carboxylic acids is 1. The Labute approximate surface area is 79.6 Å². The van der Waals surface area contributed by atoms with E-state index in [1.165, 1.54) is 37.4 Å². The largest absolute Gasteiger partial charge is 0.282 e. The smallest absolute Gasteiger partial charge is 0.211 e. The molecule has 0 aliphatic heterocycles. The second kappa shape index (κ2) is 8.85. The summed E-state index contributed by atoms with van der Waals surface area (Å²) >= 11 is 1.43. The molecule has 0 fully saturated rings. The van der Waals surface area contributed by atoms with E-state index >= 15 is 0 Å². The van der Waals surface area contributed by atoms with Gasteiger partial charge in [0.15, 0.2) is 0 Å². The molecular weight excluding hydrogens is 168 g/mol. The quantitative estimate of drug-likeness (QED) is 0.467. The molecule has 0 aromatic carbocycles. The standard InChI is InChI=1S/C10H18OS/c1-3-5-6-7-9-12-10(11)8-4-2/h4,8H,3,5-7,9H2,1-2H3/b8-4+. The minimum atomic E-state index is 0.189. The minimum absolute atomic E-state index is 0.189. The van der Waals surface area contributed by atoms with Gasteiger partial charge in [0.1, 0.15) is 0 Å². The van der Waals surface area contributed by atoms with E-state index in [9.17, 15) is 4.79 Å². The predicted octanol–water partition coefficient (Wildman–Crippen LogP) is 3.40. The van der Waals surface area contributed by atoms with Crippen LogP contribution in [0.2, 0.25) is 0 Å². The zero-order valence-electron chi connectivity index (χ0n) is 8.01. The number of rotatable bonds is 6. The third-order valence-electron chi connectivity index (χ3n) is 1.54. The molecule has 0 aromatic heterocycles. The first-order valence-electron chi connectivity index (χ1n) is 4.60.